The van der Waals surface area contributed by atoms with Crippen LogP contribution in [0.15, 0.2) is 24.3 Å². The number of aryl methyl sites for hydroxylation is 1. The number of nitrogens with zero attached hydrogens (tertiary/aromatic N) is 2. The molecule has 2 amide bonds. The Morgan fingerprint density at radius 2 is 1.68 bits per heavy atom. The highest BCUT2D eigenvalue weighted by molar-refractivity contribution is 6.00. The lowest BCUT2D eigenvalue weighted by Gasteiger charge is -2.28. The van der Waals surface area contributed by atoms with E-state index < -0.39 is 0 Å². The molecule has 2 rings (SSSR count). The summed E-state index contributed by atoms with van der Waals surface area (Å²) in [4.78, 5) is 29.2. The van der Waals surface area contributed by atoms with Crippen molar-refractivity contribution in [2.24, 2.45) is 17.8 Å². The molecule has 1 saturated heterocycles. The van der Waals surface area contributed by atoms with Gasteiger partial charge in [0.05, 0.1) is 5.92 Å². The van der Waals surface area contributed by atoms with Gasteiger partial charge in [0.1, 0.15) is 0 Å². The molecule has 138 valence electrons. The van der Waals surface area contributed by atoms with Crippen LogP contribution in [0.1, 0.15) is 46.6 Å². The topological polar surface area (TPSA) is 40.6 Å². The monoisotopic (exact) mass is 344 g/mol. The number of rotatable bonds is 7. The van der Waals surface area contributed by atoms with Gasteiger partial charge < -0.3 is 9.80 Å². The van der Waals surface area contributed by atoms with Gasteiger partial charge in [0.2, 0.25) is 11.8 Å². The highest BCUT2D eigenvalue weighted by Gasteiger charge is 2.37. The molecule has 0 aliphatic carbocycles. The summed E-state index contributed by atoms with van der Waals surface area (Å²) < 4.78 is 0. The zero-order valence-corrected chi connectivity index (χ0v) is 16.3. The second-order valence-corrected chi connectivity index (χ2v) is 7.96. The number of carbonyl (C=O) groups is 2. The second-order valence-electron chi connectivity index (χ2n) is 7.96. The summed E-state index contributed by atoms with van der Waals surface area (Å²) in [5, 5.41) is 0. The van der Waals surface area contributed by atoms with Crippen LogP contribution in [0, 0.1) is 17.8 Å². The van der Waals surface area contributed by atoms with Crippen molar-refractivity contribution < 1.29 is 9.59 Å². The average molecular weight is 344 g/mol. The van der Waals surface area contributed by atoms with Crippen molar-refractivity contribution in [1.29, 1.82) is 0 Å². The van der Waals surface area contributed by atoms with E-state index in [9.17, 15) is 9.59 Å². The van der Waals surface area contributed by atoms with E-state index in [0.29, 0.717) is 24.8 Å². The van der Waals surface area contributed by atoms with Crippen LogP contribution in [-0.2, 0) is 16.0 Å². The molecule has 0 unspecified atom stereocenters. The summed E-state index contributed by atoms with van der Waals surface area (Å²) >= 11 is 0. The highest BCUT2D eigenvalue weighted by Crippen LogP contribution is 2.27. The van der Waals surface area contributed by atoms with E-state index in [2.05, 4.69) is 46.8 Å². The molecule has 1 heterocycles. The van der Waals surface area contributed by atoms with Crippen LogP contribution in [0.2, 0.25) is 0 Å². The smallest absolute Gasteiger partial charge is 0.228 e. The Morgan fingerprint density at radius 1 is 1.12 bits per heavy atom. The van der Waals surface area contributed by atoms with Gasteiger partial charge in [-0.05, 0) is 36.0 Å². The lowest BCUT2D eigenvalue weighted by atomic mass is 10.0. The van der Waals surface area contributed by atoms with Gasteiger partial charge >= 0.3 is 0 Å². The molecule has 25 heavy (non-hydrogen) atoms. The minimum absolute atomic E-state index is 0.0524. The Morgan fingerprint density at radius 3 is 2.16 bits per heavy atom. The van der Waals surface area contributed by atoms with Gasteiger partial charge in [0, 0.05) is 31.7 Å². The molecule has 1 aliphatic heterocycles. The minimum atomic E-state index is -0.226. The normalized spacial score (nSPS) is 17.6. The summed E-state index contributed by atoms with van der Waals surface area (Å²) in [6.07, 6.45) is 1.30. The first-order chi connectivity index (χ1) is 11.8. The fourth-order valence-electron chi connectivity index (χ4n) is 3.43. The van der Waals surface area contributed by atoms with E-state index in [1.165, 1.54) is 5.56 Å². The predicted molar refractivity (Wildman–Crippen MR) is 103 cm³/mol. The van der Waals surface area contributed by atoms with Crippen molar-refractivity contribution in [1.82, 2.24) is 4.90 Å². The van der Waals surface area contributed by atoms with Crippen molar-refractivity contribution >= 4 is 17.5 Å². The summed E-state index contributed by atoms with van der Waals surface area (Å²) in [7, 11) is 0. The molecule has 0 aromatic heterocycles. The van der Waals surface area contributed by atoms with Gasteiger partial charge in [-0.1, -0.05) is 46.8 Å². The van der Waals surface area contributed by atoms with Crippen LogP contribution in [0.5, 0.6) is 0 Å². The zero-order valence-electron chi connectivity index (χ0n) is 16.3. The van der Waals surface area contributed by atoms with Gasteiger partial charge in [-0.2, -0.15) is 0 Å². The predicted octanol–water partition coefficient (Wildman–Crippen LogP) is 3.74. The molecular formula is C21H32N2O2. The molecule has 0 bridgehead atoms. The Hall–Kier alpha value is -1.84. The Bertz CT molecular complexity index is 582. The molecule has 0 spiro atoms. The molecule has 0 radical (unpaired) electrons. The van der Waals surface area contributed by atoms with Gasteiger partial charge in [0.15, 0.2) is 0 Å². The van der Waals surface area contributed by atoms with Crippen LogP contribution >= 0.6 is 0 Å². The first-order valence-electron chi connectivity index (χ1n) is 9.49. The quantitative estimate of drug-likeness (QED) is 0.756. The number of hydrogen-bond donors (Lipinski definition) is 0. The molecule has 1 aliphatic rings. The number of amides is 2. The highest BCUT2D eigenvalue weighted by atomic mass is 16.2. The number of hydrogen-bond acceptors (Lipinski definition) is 2. The number of carbonyl (C=O) groups excluding carboxylic acids is 2. The van der Waals surface area contributed by atoms with Crippen LogP contribution in [-0.4, -0.2) is 36.3 Å². The van der Waals surface area contributed by atoms with Crippen molar-refractivity contribution in [3.05, 3.63) is 29.8 Å². The third kappa shape index (κ3) is 5.07. The minimum Gasteiger partial charge on any atom is -0.342 e. The molecule has 0 saturated carbocycles. The van der Waals surface area contributed by atoms with E-state index in [4.69, 9.17) is 0 Å². The Labute approximate surface area is 152 Å². The third-order valence-corrected chi connectivity index (χ3v) is 4.61. The Balaban J connectivity index is 2.09. The third-order valence-electron chi connectivity index (χ3n) is 4.61. The first-order valence-corrected chi connectivity index (χ1v) is 9.49. The van der Waals surface area contributed by atoms with E-state index in [1.807, 2.05) is 17.0 Å². The van der Waals surface area contributed by atoms with Crippen molar-refractivity contribution in [3.8, 4) is 0 Å². The van der Waals surface area contributed by atoms with E-state index in [1.54, 1.807) is 4.90 Å². The fourth-order valence-corrected chi connectivity index (χ4v) is 3.43. The molecule has 1 atom stereocenters. The maximum atomic E-state index is 13.0. The zero-order chi connectivity index (χ0) is 18.6. The maximum Gasteiger partial charge on any atom is 0.228 e. The SMILES string of the molecule is CCc1ccc(N2C[C@H](C(=O)N(CC(C)C)CC(C)C)CC2=O)cc1. The lowest BCUT2D eigenvalue weighted by Crippen LogP contribution is -2.41. The van der Waals surface area contributed by atoms with Crippen molar-refractivity contribution in [2.75, 3.05) is 24.5 Å². The molecule has 4 heteroatoms. The van der Waals surface area contributed by atoms with E-state index >= 15 is 0 Å². The van der Waals surface area contributed by atoms with Crippen LogP contribution in [0.4, 0.5) is 5.69 Å². The first kappa shape index (κ1) is 19.5. The van der Waals surface area contributed by atoms with Gasteiger partial charge in [-0.15, -0.1) is 0 Å². The molecule has 1 aromatic rings. The van der Waals surface area contributed by atoms with Crippen molar-refractivity contribution in [3.63, 3.8) is 0 Å². The lowest BCUT2D eigenvalue weighted by molar-refractivity contribution is -0.136. The van der Waals surface area contributed by atoms with Gasteiger partial charge in [-0.25, -0.2) is 0 Å². The number of anilines is 1. The van der Waals surface area contributed by atoms with E-state index in [-0.39, 0.29) is 17.7 Å². The summed E-state index contributed by atoms with van der Waals surface area (Å²) in [5.41, 5.74) is 2.15. The van der Waals surface area contributed by atoms with Crippen molar-refractivity contribution in [2.45, 2.75) is 47.5 Å². The second kappa shape index (κ2) is 8.50. The van der Waals surface area contributed by atoms with E-state index in [0.717, 1.165) is 25.2 Å². The van der Waals surface area contributed by atoms with Gasteiger partial charge in [0.25, 0.3) is 0 Å². The Kier molecular flexibility index (Phi) is 6.63. The molecule has 1 fully saturated rings. The summed E-state index contributed by atoms with van der Waals surface area (Å²) in [6.45, 7) is 12.6. The standard InChI is InChI=1S/C21H32N2O2/c1-6-17-7-9-19(10-8-17)23-14-18(11-20(23)24)21(25)22(12-15(2)3)13-16(4)5/h7-10,15-16,18H,6,11-14H2,1-5H3/t18-/m1/s1. The molecular weight excluding hydrogens is 312 g/mol. The molecule has 0 N–H and O–H groups in total. The molecule has 4 nitrogen and oxygen atoms in total. The maximum absolute atomic E-state index is 13.0. The van der Waals surface area contributed by atoms with Crippen LogP contribution in [0.25, 0.3) is 0 Å². The fraction of sp³-hybridized carbons (Fsp3) is 0.619. The number of benzene rings is 1. The summed E-state index contributed by atoms with van der Waals surface area (Å²) in [6, 6.07) is 8.09. The molecule has 1 aromatic carbocycles. The largest absolute Gasteiger partial charge is 0.342 e. The van der Waals surface area contributed by atoms with Crippen LogP contribution in [0.3, 0.4) is 0 Å². The van der Waals surface area contributed by atoms with Crippen LogP contribution < -0.4 is 4.90 Å². The van der Waals surface area contributed by atoms with Gasteiger partial charge in [-0.3, -0.25) is 9.59 Å². The average Bonchev–Trinajstić information content (AvgIpc) is 2.94. The summed E-state index contributed by atoms with van der Waals surface area (Å²) in [5.74, 6) is 0.811.